The van der Waals surface area contributed by atoms with Crippen LogP contribution in [0.4, 0.5) is 5.69 Å². The number of carbonyl (C=O) groups is 3. The molecule has 0 saturated heterocycles. The van der Waals surface area contributed by atoms with Crippen LogP contribution in [0.15, 0.2) is 53.7 Å². The molecule has 1 aromatic heterocycles. The van der Waals surface area contributed by atoms with Crippen LogP contribution in [-0.4, -0.2) is 48.1 Å². The lowest BCUT2D eigenvalue weighted by molar-refractivity contribution is -0.146. The van der Waals surface area contributed by atoms with Gasteiger partial charge in [-0.15, -0.1) is 0 Å². The van der Waals surface area contributed by atoms with Crippen molar-refractivity contribution in [3.05, 3.63) is 59.9 Å². The van der Waals surface area contributed by atoms with E-state index in [1.807, 2.05) is 50.2 Å². The minimum atomic E-state index is -0.919. The summed E-state index contributed by atoms with van der Waals surface area (Å²) >= 11 is 0. The molecule has 3 rings (SSSR count). The fraction of sp³-hybridized carbons (Fsp3) is 0.375. The van der Waals surface area contributed by atoms with Crippen molar-refractivity contribution >= 4 is 29.1 Å². The highest BCUT2D eigenvalue weighted by Gasteiger charge is 2.34. The van der Waals surface area contributed by atoms with Gasteiger partial charge in [-0.05, 0) is 32.0 Å². The Kier molecular flexibility index (Phi) is 8.19. The fourth-order valence-electron chi connectivity index (χ4n) is 2.98. The van der Waals surface area contributed by atoms with Gasteiger partial charge in [0.2, 0.25) is 5.91 Å². The average Bonchev–Trinajstić information content (AvgIpc) is 2.91. The van der Waals surface area contributed by atoms with E-state index in [-0.39, 0.29) is 31.4 Å². The number of carbonyl (C=O) groups excluding carboxylic acids is 3. The number of aliphatic imine (C=N–C) groups is 1. The Morgan fingerprint density at radius 2 is 1.77 bits per heavy atom. The monoisotopic (exact) mass is 423 g/mol. The van der Waals surface area contributed by atoms with E-state index in [1.54, 1.807) is 26.1 Å². The van der Waals surface area contributed by atoms with Crippen molar-refractivity contribution in [2.24, 2.45) is 10.4 Å². The van der Waals surface area contributed by atoms with Crippen LogP contribution in [0.3, 0.4) is 0 Å². The van der Waals surface area contributed by atoms with Gasteiger partial charge in [-0.1, -0.05) is 38.1 Å². The summed E-state index contributed by atoms with van der Waals surface area (Å²) in [6, 6.07) is 12.8. The van der Waals surface area contributed by atoms with Gasteiger partial charge in [0.1, 0.15) is 13.2 Å². The van der Waals surface area contributed by atoms with E-state index in [2.05, 4.69) is 9.98 Å². The van der Waals surface area contributed by atoms with Crippen molar-refractivity contribution in [3.63, 3.8) is 0 Å². The number of fused-ring (bicyclic) bond motifs is 1. The maximum atomic E-state index is 12.9. The van der Waals surface area contributed by atoms with Crippen LogP contribution in [0.25, 0.3) is 0 Å². The van der Waals surface area contributed by atoms with Gasteiger partial charge in [-0.2, -0.15) is 0 Å². The van der Waals surface area contributed by atoms with Crippen LogP contribution < -0.4 is 4.90 Å². The van der Waals surface area contributed by atoms with Gasteiger partial charge in [0.05, 0.1) is 29.1 Å². The Labute approximate surface area is 183 Å². The fourth-order valence-corrected chi connectivity index (χ4v) is 2.98. The van der Waals surface area contributed by atoms with Gasteiger partial charge in [-0.25, -0.2) is 0 Å². The lowest BCUT2D eigenvalue weighted by Crippen LogP contribution is -2.43. The zero-order chi connectivity index (χ0) is 23.0. The number of para-hydroxylation sites is 1. The van der Waals surface area contributed by atoms with Crippen LogP contribution in [0.2, 0.25) is 0 Å². The van der Waals surface area contributed by atoms with E-state index >= 15 is 0 Å². The third-order valence-electron chi connectivity index (χ3n) is 4.72. The highest BCUT2D eigenvalue weighted by molar-refractivity contribution is 6.19. The van der Waals surface area contributed by atoms with Crippen LogP contribution in [0, 0.1) is 5.41 Å². The summed E-state index contributed by atoms with van der Waals surface area (Å²) in [7, 11) is 0. The Morgan fingerprint density at radius 1 is 1.10 bits per heavy atom. The number of esters is 1. The number of hydrogen-bond donors (Lipinski definition) is 0. The number of ketones is 1. The number of benzene rings is 1. The maximum Gasteiger partial charge on any atom is 0.302 e. The first-order chi connectivity index (χ1) is 14.8. The van der Waals surface area contributed by atoms with E-state index in [0.717, 1.165) is 5.56 Å². The molecule has 0 unspecified atom stereocenters. The molecule has 1 aromatic carbocycles. The van der Waals surface area contributed by atoms with Gasteiger partial charge in [0.15, 0.2) is 5.78 Å². The van der Waals surface area contributed by atoms with E-state index < -0.39 is 11.4 Å². The van der Waals surface area contributed by atoms with E-state index in [1.165, 1.54) is 11.8 Å². The number of benzodiazepines with no additional fused rings is 1. The van der Waals surface area contributed by atoms with Crippen molar-refractivity contribution < 1.29 is 19.1 Å². The highest BCUT2D eigenvalue weighted by atomic mass is 16.5. The third-order valence-corrected chi connectivity index (χ3v) is 4.72. The van der Waals surface area contributed by atoms with Crippen molar-refractivity contribution in [3.8, 4) is 0 Å². The lowest BCUT2D eigenvalue weighted by Gasteiger charge is -2.28. The molecule has 0 atom stereocenters. The summed E-state index contributed by atoms with van der Waals surface area (Å²) in [5.41, 5.74) is 1.70. The van der Waals surface area contributed by atoms with Crippen LogP contribution in [-0.2, 0) is 19.1 Å². The van der Waals surface area contributed by atoms with Gasteiger partial charge >= 0.3 is 5.97 Å². The molecule has 1 amide bonds. The van der Waals surface area contributed by atoms with Gasteiger partial charge in [0.25, 0.3) is 0 Å². The van der Waals surface area contributed by atoms with E-state index in [0.29, 0.717) is 17.1 Å². The van der Waals surface area contributed by atoms with E-state index in [9.17, 15) is 14.4 Å². The summed E-state index contributed by atoms with van der Waals surface area (Å²) in [5.74, 6) is -0.932. The summed E-state index contributed by atoms with van der Waals surface area (Å²) < 4.78 is 5.02. The summed E-state index contributed by atoms with van der Waals surface area (Å²) in [6.45, 7) is 8.43. The first-order valence-corrected chi connectivity index (χ1v) is 10.3. The average molecular weight is 424 g/mol. The second-order valence-electron chi connectivity index (χ2n) is 7.46. The molecule has 7 heteroatoms. The van der Waals surface area contributed by atoms with Gasteiger partial charge in [0, 0.05) is 18.7 Å². The number of ether oxygens (including phenoxy) is 1. The number of pyridine rings is 1. The minimum Gasteiger partial charge on any atom is -0.465 e. The number of anilines is 1. The number of Topliss-reactive ketones (excluding diaryl/α,β-unsaturated/α-hetero) is 1. The third kappa shape index (κ3) is 5.84. The molecule has 0 aliphatic carbocycles. The molecule has 7 nitrogen and oxygen atoms in total. The Balaban J connectivity index is 0.00000166. The molecule has 2 aromatic rings. The smallest absolute Gasteiger partial charge is 0.302 e. The first-order valence-electron chi connectivity index (χ1n) is 10.3. The van der Waals surface area contributed by atoms with Crippen molar-refractivity contribution in [2.45, 2.75) is 34.6 Å². The second-order valence-corrected chi connectivity index (χ2v) is 7.46. The molecular weight excluding hydrogens is 394 g/mol. The number of amides is 1. The maximum absolute atomic E-state index is 12.9. The molecule has 0 bridgehead atoms. The molecule has 164 valence electrons. The molecule has 0 saturated carbocycles. The number of hydrogen-bond acceptors (Lipinski definition) is 6. The first kappa shape index (κ1) is 23.9. The van der Waals surface area contributed by atoms with Crippen LogP contribution >= 0.6 is 0 Å². The normalized spacial score (nSPS) is 13.3. The van der Waals surface area contributed by atoms with Crippen LogP contribution in [0.5, 0.6) is 0 Å². The summed E-state index contributed by atoms with van der Waals surface area (Å²) in [5, 5.41) is 0. The highest BCUT2D eigenvalue weighted by Crippen LogP contribution is 2.28. The van der Waals surface area contributed by atoms with Crippen molar-refractivity contribution in [1.82, 2.24) is 4.98 Å². The molecule has 0 radical (unpaired) electrons. The number of aromatic nitrogens is 1. The van der Waals surface area contributed by atoms with Crippen molar-refractivity contribution in [1.29, 1.82) is 0 Å². The Bertz CT molecular complexity index is 968. The largest absolute Gasteiger partial charge is 0.465 e. The molecule has 2 heterocycles. The molecule has 0 fully saturated rings. The predicted molar refractivity (Wildman–Crippen MR) is 120 cm³/mol. The predicted octanol–water partition coefficient (Wildman–Crippen LogP) is 3.45. The standard InChI is InChI=1S/C22H23N3O4.C2H6/c1-15(26)29-14-22(2,3)19(27)13-25-18-10-5-4-8-16(18)21(24-12-20(25)28)17-9-6-7-11-23-17;1-2/h4-11H,12-14H2,1-3H3;1-2H3. The van der Waals surface area contributed by atoms with E-state index in [4.69, 9.17) is 4.74 Å². The summed E-state index contributed by atoms with van der Waals surface area (Å²) in [6.07, 6.45) is 1.67. The SMILES string of the molecule is CC.CC(=O)OCC(C)(C)C(=O)CN1C(=O)CN=C(c2ccccn2)c2ccccc21. The van der Waals surface area contributed by atoms with Gasteiger partial charge < -0.3 is 9.64 Å². The Hall–Kier alpha value is -3.35. The zero-order valence-corrected chi connectivity index (χ0v) is 18.7. The zero-order valence-electron chi connectivity index (χ0n) is 18.7. The van der Waals surface area contributed by atoms with Crippen LogP contribution in [0.1, 0.15) is 45.9 Å². The molecule has 0 N–H and O–H groups in total. The van der Waals surface area contributed by atoms with Crippen molar-refractivity contribution in [2.75, 3.05) is 24.6 Å². The summed E-state index contributed by atoms with van der Waals surface area (Å²) in [4.78, 5) is 47.2. The Morgan fingerprint density at radius 3 is 2.42 bits per heavy atom. The minimum absolute atomic E-state index is 0.0411. The molecular formula is C24H29N3O4. The quantitative estimate of drug-likeness (QED) is 0.664. The topological polar surface area (TPSA) is 88.9 Å². The molecule has 0 spiro atoms. The molecule has 1 aliphatic heterocycles. The molecule has 1 aliphatic rings. The second kappa shape index (κ2) is 10.6. The van der Waals surface area contributed by atoms with Gasteiger partial charge in [-0.3, -0.25) is 24.4 Å². The number of rotatable bonds is 6. The lowest BCUT2D eigenvalue weighted by atomic mass is 9.88. The molecule has 31 heavy (non-hydrogen) atoms. The number of nitrogens with zero attached hydrogens (tertiary/aromatic N) is 3.